The number of benzene rings is 1. The Labute approximate surface area is 143 Å². The minimum absolute atomic E-state index is 0.0444. The summed E-state index contributed by atoms with van der Waals surface area (Å²) in [5.41, 5.74) is -3.98. The first-order valence-corrected chi connectivity index (χ1v) is 8.05. The molecule has 1 aliphatic heterocycles. The van der Waals surface area contributed by atoms with E-state index in [1.54, 1.807) is 27.7 Å². The van der Waals surface area contributed by atoms with E-state index in [9.17, 15) is 22.0 Å². The SMILES string of the molecule is CC1(C)OB(c2cc(C(F)(F)F)cc(C3(C)CC3(F)F)c2)OC1(C)C. The van der Waals surface area contributed by atoms with E-state index in [0.717, 1.165) is 12.1 Å². The zero-order valence-corrected chi connectivity index (χ0v) is 14.7. The van der Waals surface area contributed by atoms with E-state index in [1.165, 1.54) is 13.0 Å². The summed E-state index contributed by atoms with van der Waals surface area (Å²) in [6, 6.07) is 3.06. The van der Waals surface area contributed by atoms with Crippen LogP contribution < -0.4 is 5.46 Å². The minimum Gasteiger partial charge on any atom is -0.399 e. The van der Waals surface area contributed by atoms with Gasteiger partial charge in [-0.15, -0.1) is 0 Å². The Morgan fingerprint density at radius 1 is 0.920 bits per heavy atom. The zero-order chi connectivity index (χ0) is 19.1. The standard InChI is InChI=1S/C17H20BF5O2/c1-13(2)14(3,4)25-18(24-13)12-7-10(15(5)9-16(15,19)20)6-11(8-12)17(21,22)23/h6-8H,9H2,1-5H3. The molecule has 0 N–H and O–H groups in total. The van der Waals surface area contributed by atoms with Crippen LogP contribution in [0.1, 0.15) is 52.2 Å². The third kappa shape index (κ3) is 2.87. The van der Waals surface area contributed by atoms with E-state index < -0.39 is 47.8 Å². The molecule has 0 spiro atoms. The van der Waals surface area contributed by atoms with Gasteiger partial charge in [0.05, 0.1) is 22.2 Å². The van der Waals surface area contributed by atoms with Crippen LogP contribution in [0.15, 0.2) is 18.2 Å². The van der Waals surface area contributed by atoms with Crippen LogP contribution in [0.4, 0.5) is 22.0 Å². The summed E-state index contributed by atoms with van der Waals surface area (Å²) in [6.07, 6.45) is -5.11. The van der Waals surface area contributed by atoms with Crippen LogP contribution in [-0.4, -0.2) is 24.2 Å². The summed E-state index contributed by atoms with van der Waals surface area (Å²) >= 11 is 0. The Morgan fingerprint density at radius 3 is 1.80 bits per heavy atom. The average molecular weight is 362 g/mol. The third-order valence-electron chi connectivity index (χ3n) is 5.70. The smallest absolute Gasteiger partial charge is 0.399 e. The van der Waals surface area contributed by atoms with E-state index in [-0.39, 0.29) is 11.0 Å². The molecule has 8 heteroatoms. The van der Waals surface area contributed by atoms with Crippen molar-refractivity contribution in [1.82, 2.24) is 0 Å². The fourth-order valence-electron chi connectivity index (χ4n) is 2.96. The van der Waals surface area contributed by atoms with Gasteiger partial charge < -0.3 is 9.31 Å². The van der Waals surface area contributed by atoms with Crippen LogP contribution in [-0.2, 0) is 20.9 Å². The van der Waals surface area contributed by atoms with Crippen molar-refractivity contribution in [3.05, 3.63) is 29.3 Å². The summed E-state index contributed by atoms with van der Waals surface area (Å²) in [5.74, 6) is -3.01. The fourth-order valence-corrected chi connectivity index (χ4v) is 2.96. The van der Waals surface area contributed by atoms with Gasteiger partial charge in [-0.25, -0.2) is 8.78 Å². The maximum absolute atomic E-state index is 13.7. The molecule has 3 rings (SSSR count). The molecule has 0 amide bonds. The third-order valence-corrected chi connectivity index (χ3v) is 5.70. The van der Waals surface area contributed by atoms with Gasteiger partial charge in [-0.3, -0.25) is 0 Å². The highest BCUT2D eigenvalue weighted by molar-refractivity contribution is 6.62. The molecule has 1 aromatic rings. The molecule has 1 unspecified atom stereocenters. The predicted molar refractivity (Wildman–Crippen MR) is 84.1 cm³/mol. The molecule has 2 fully saturated rings. The molecule has 1 aliphatic carbocycles. The molecule has 138 valence electrons. The van der Waals surface area contributed by atoms with Crippen LogP contribution in [0.2, 0.25) is 0 Å². The Hall–Kier alpha value is -1.15. The van der Waals surface area contributed by atoms with Gasteiger partial charge in [-0.05, 0) is 51.7 Å². The van der Waals surface area contributed by atoms with Gasteiger partial charge in [-0.2, -0.15) is 13.2 Å². The van der Waals surface area contributed by atoms with Crippen molar-refractivity contribution in [3.8, 4) is 0 Å². The van der Waals surface area contributed by atoms with Crippen LogP contribution in [0.5, 0.6) is 0 Å². The largest absolute Gasteiger partial charge is 0.494 e. The van der Waals surface area contributed by atoms with Crippen molar-refractivity contribution < 1.29 is 31.3 Å². The van der Waals surface area contributed by atoms with E-state index in [4.69, 9.17) is 9.31 Å². The van der Waals surface area contributed by atoms with E-state index in [0.29, 0.717) is 0 Å². The summed E-state index contributed by atoms with van der Waals surface area (Å²) in [4.78, 5) is 0. The summed E-state index contributed by atoms with van der Waals surface area (Å²) < 4.78 is 78.8. The van der Waals surface area contributed by atoms with Gasteiger partial charge >= 0.3 is 13.3 Å². The van der Waals surface area contributed by atoms with Crippen molar-refractivity contribution in [2.75, 3.05) is 0 Å². The molecule has 1 heterocycles. The molecule has 0 bridgehead atoms. The molecular weight excluding hydrogens is 342 g/mol. The predicted octanol–water partition coefficient (Wildman–Crippen LogP) is 4.30. The molecule has 0 radical (unpaired) electrons. The van der Waals surface area contributed by atoms with Crippen LogP contribution in [0.25, 0.3) is 0 Å². The normalized spacial score (nSPS) is 29.8. The highest BCUT2D eigenvalue weighted by Crippen LogP contribution is 2.61. The maximum Gasteiger partial charge on any atom is 0.494 e. The Balaban J connectivity index is 2.06. The number of alkyl halides is 5. The molecule has 2 aliphatic rings. The average Bonchev–Trinajstić information content (AvgIpc) is 2.86. The Bertz CT molecular complexity index is 697. The lowest BCUT2D eigenvalue weighted by Crippen LogP contribution is -2.41. The first-order chi connectivity index (χ1) is 11.1. The van der Waals surface area contributed by atoms with Gasteiger partial charge in [-0.1, -0.05) is 12.1 Å². The van der Waals surface area contributed by atoms with Crippen LogP contribution >= 0.6 is 0 Å². The van der Waals surface area contributed by atoms with E-state index in [2.05, 4.69) is 0 Å². The molecule has 1 atom stereocenters. The quantitative estimate of drug-likeness (QED) is 0.577. The van der Waals surface area contributed by atoms with Crippen molar-refractivity contribution in [2.45, 2.75) is 69.8 Å². The summed E-state index contributed by atoms with van der Waals surface area (Å²) in [5, 5.41) is 0. The van der Waals surface area contributed by atoms with Gasteiger partial charge in [0.15, 0.2) is 0 Å². The van der Waals surface area contributed by atoms with Crippen molar-refractivity contribution >= 4 is 12.6 Å². The number of halogens is 5. The van der Waals surface area contributed by atoms with Gasteiger partial charge in [0.25, 0.3) is 5.92 Å². The van der Waals surface area contributed by atoms with E-state index >= 15 is 0 Å². The summed E-state index contributed by atoms with van der Waals surface area (Å²) in [7, 11) is -1.04. The Kier molecular flexibility index (Phi) is 3.71. The van der Waals surface area contributed by atoms with Gasteiger partial charge in [0.2, 0.25) is 0 Å². The number of hydrogen-bond acceptors (Lipinski definition) is 2. The molecule has 2 nitrogen and oxygen atoms in total. The van der Waals surface area contributed by atoms with Crippen LogP contribution in [0.3, 0.4) is 0 Å². The number of hydrogen-bond donors (Lipinski definition) is 0. The second-order valence-electron chi connectivity index (χ2n) is 8.14. The molecule has 1 saturated heterocycles. The molecule has 1 aromatic carbocycles. The molecular formula is C17H20BF5O2. The lowest BCUT2D eigenvalue weighted by atomic mass is 9.76. The lowest BCUT2D eigenvalue weighted by Gasteiger charge is -2.32. The monoisotopic (exact) mass is 362 g/mol. The summed E-state index contributed by atoms with van der Waals surface area (Å²) in [6.45, 7) is 8.38. The maximum atomic E-state index is 13.7. The first kappa shape index (κ1) is 18.6. The lowest BCUT2D eigenvalue weighted by molar-refractivity contribution is -0.137. The second kappa shape index (κ2) is 4.97. The second-order valence-corrected chi connectivity index (χ2v) is 8.14. The van der Waals surface area contributed by atoms with Gasteiger partial charge in [0, 0.05) is 6.42 Å². The topological polar surface area (TPSA) is 18.5 Å². The zero-order valence-electron chi connectivity index (χ0n) is 14.7. The Morgan fingerprint density at radius 2 is 1.40 bits per heavy atom. The fraction of sp³-hybridized carbons (Fsp3) is 0.647. The van der Waals surface area contributed by atoms with E-state index in [1.807, 2.05) is 0 Å². The van der Waals surface area contributed by atoms with Crippen molar-refractivity contribution in [1.29, 1.82) is 0 Å². The molecule has 0 aromatic heterocycles. The molecule has 25 heavy (non-hydrogen) atoms. The van der Waals surface area contributed by atoms with Crippen molar-refractivity contribution in [2.24, 2.45) is 0 Å². The highest BCUT2D eigenvalue weighted by atomic mass is 19.4. The highest BCUT2D eigenvalue weighted by Gasteiger charge is 2.69. The molecule has 1 saturated carbocycles. The van der Waals surface area contributed by atoms with Crippen molar-refractivity contribution in [3.63, 3.8) is 0 Å². The van der Waals surface area contributed by atoms with Crippen LogP contribution in [0, 0.1) is 0 Å². The minimum atomic E-state index is -4.64. The van der Waals surface area contributed by atoms with Gasteiger partial charge in [0.1, 0.15) is 0 Å². The first-order valence-electron chi connectivity index (χ1n) is 8.05. The number of rotatable bonds is 2.